The van der Waals surface area contributed by atoms with E-state index in [9.17, 15) is 18.0 Å². The Kier molecular flexibility index (Phi) is 8.88. The van der Waals surface area contributed by atoms with Crippen LogP contribution in [0.2, 0.25) is 0 Å². The fraction of sp³-hybridized carbons (Fsp3) is 0.545. The SMILES string of the molecule is CCCCCCCCOc1ccc(-c2cnc([C@@](C)(N)CC(=O)O)s2)cc1C(F)(F)F. The summed E-state index contributed by atoms with van der Waals surface area (Å²) in [4.78, 5) is 15.6. The number of thiazole rings is 1. The molecule has 31 heavy (non-hydrogen) atoms. The molecule has 3 N–H and O–H groups in total. The Balaban J connectivity index is 2.14. The van der Waals surface area contributed by atoms with Gasteiger partial charge in [-0.3, -0.25) is 4.79 Å². The topological polar surface area (TPSA) is 85.4 Å². The van der Waals surface area contributed by atoms with E-state index in [2.05, 4.69) is 11.9 Å². The Morgan fingerprint density at radius 3 is 2.52 bits per heavy atom. The lowest BCUT2D eigenvalue weighted by Crippen LogP contribution is -2.35. The lowest BCUT2D eigenvalue weighted by Gasteiger charge is -2.19. The third kappa shape index (κ3) is 7.50. The molecular weight excluding hydrogens is 429 g/mol. The van der Waals surface area contributed by atoms with Crippen molar-refractivity contribution in [3.63, 3.8) is 0 Å². The molecule has 1 heterocycles. The lowest BCUT2D eigenvalue weighted by molar-refractivity contribution is -0.139. The number of carboxylic acids is 1. The van der Waals surface area contributed by atoms with E-state index in [1.165, 1.54) is 25.6 Å². The summed E-state index contributed by atoms with van der Waals surface area (Å²) in [5.41, 5.74) is 4.31. The molecule has 0 bridgehead atoms. The number of alkyl halides is 3. The highest BCUT2D eigenvalue weighted by atomic mass is 32.1. The number of ether oxygens (including phenoxy) is 1. The Morgan fingerprint density at radius 2 is 1.87 bits per heavy atom. The largest absolute Gasteiger partial charge is 0.493 e. The monoisotopic (exact) mass is 458 g/mol. The third-order valence-corrected chi connectivity index (χ3v) is 6.16. The van der Waals surface area contributed by atoms with E-state index in [0.717, 1.165) is 43.1 Å². The number of aliphatic carboxylic acids is 1. The van der Waals surface area contributed by atoms with Crippen LogP contribution in [0, 0.1) is 0 Å². The lowest BCUT2D eigenvalue weighted by atomic mass is 10.0. The van der Waals surface area contributed by atoms with E-state index in [-0.39, 0.29) is 18.8 Å². The highest BCUT2D eigenvalue weighted by Gasteiger charge is 2.35. The molecule has 0 amide bonds. The number of aromatic nitrogens is 1. The van der Waals surface area contributed by atoms with Crippen LogP contribution in [0.15, 0.2) is 24.4 Å². The molecule has 0 saturated heterocycles. The molecule has 172 valence electrons. The van der Waals surface area contributed by atoms with Crippen molar-refractivity contribution >= 4 is 17.3 Å². The van der Waals surface area contributed by atoms with E-state index in [4.69, 9.17) is 15.6 Å². The van der Waals surface area contributed by atoms with Crippen molar-refractivity contribution in [1.82, 2.24) is 4.98 Å². The van der Waals surface area contributed by atoms with E-state index in [1.54, 1.807) is 6.07 Å². The first-order chi connectivity index (χ1) is 14.5. The standard InChI is InChI=1S/C22H29F3N2O3S/c1-3-4-5-6-7-8-11-30-17-10-9-15(12-16(17)22(23,24)25)18-14-27-20(31-18)21(2,26)13-19(28)29/h9-10,12,14H,3-8,11,13,26H2,1-2H3,(H,28,29)/t21-/m0/s1. The highest BCUT2D eigenvalue weighted by molar-refractivity contribution is 7.15. The van der Waals surface area contributed by atoms with Crippen LogP contribution in [-0.2, 0) is 16.5 Å². The van der Waals surface area contributed by atoms with Crippen molar-refractivity contribution in [1.29, 1.82) is 0 Å². The minimum atomic E-state index is -4.56. The fourth-order valence-corrected chi connectivity index (χ4v) is 4.13. The molecule has 0 unspecified atom stereocenters. The molecule has 2 aromatic rings. The van der Waals surface area contributed by atoms with Crippen molar-refractivity contribution < 1.29 is 27.8 Å². The van der Waals surface area contributed by atoms with Crippen LogP contribution in [0.3, 0.4) is 0 Å². The van der Waals surface area contributed by atoms with Crippen molar-refractivity contribution in [3.8, 4) is 16.2 Å². The second-order valence-corrected chi connectivity index (χ2v) is 8.87. The number of benzene rings is 1. The summed E-state index contributed by atoms with van der Waals surface area (Å²) >= 11 is 1.08. The van der Waals surface area contributed by atoms with E-state index in [0.29, 0.717) is 21.9 Å². The summed E-state index contributed by atoms with van der Waals surface area (Å²) in [5.74, 6) is -1.27. The van der Waals surface area contributed by atoms with Crippen LogP contribution in [0.4, 0.5) is 13.2 Å². The van der Waals surface area contributed by atoms with Crippen molar-refractivity contribution in [2.45, 2.75) is 70.5 Å². The maximum atomic E-state index is 13.6. The zero-order valence-electron chi connectivity index (χ0n) is 17.8. The summed E-state index contributed by atoms with van der Waals surface area (Å²) in [6, 6.07) is 3.92. The number of hydrogen-bond donors (Lipinski definition) is 2. The van der Waals surface area contributed by atoms with Crippen LogP contribution >= 0.6 is 11.3 Å². The van der Waals surface area contributed by atoms with Gasteiger partial charge in [-0.25, -0.2) is 4.98 Å². The first-order valence-electron chi connectivity index (χ1n) is 10.4. The number of nitrogens with zero attached hydrogens (tertiary/aromatic N) is 1. The van der Waals surface area contributed by atoms with E-state index < -0.39 is 23.2 Å². The van der Waals surface area contributed by atoms with Gasteiger partial charge in [-0.05, 0) is 37.1 Å². The molecular formula is C22H29F3N2O3S. The van der Waals surface area contributed by atoms with Gasteiger partial charge in [0.05, 0.1) is 29.0 Å². The molecule has 0 fully saturated rings. The zero-order valence-corrected chi connectivity index (χ0v) is 18.6. The van der Waals surface area contributed by atoms with Crippen molar-refractivity contribution in [3.05, 3.63) is 35.0 Å². The van der Waals surface area contributed by atoms with Gasteiger partial charge in [-0.1, -0.05) is 39.0 Å². The summed E-state index contributed by atoms with van der Waals surface area (Å²) in [5, 5.41) is 9.34. The van der Waals surface area contributed by atoms with Crippen molar-refractivity contribution in [2.24, 2.45) is 5.73 Å². The molecule has 9 heteroatoms. The minimum absolute atomic E-state index is 0.191. The Bertz CT molecular complexity index is 866. The molecule has 0 aliphatic carbocycles. The summed E-state index contributed by atoms with van der Waals surface area (Å²) in [7, 11) is 0. The average Bonchev–Trinajstić information content (AvgIpc) is 3.17. The second kappa shape index (κ2) is 10.9. The molecule has 0 saturated carbocycles. The molecule has 1 atom stereocenters. The van der Waals surface area contributed by atoms with Gasteiger partial charge >= 0.3 is 12.1 Å². The van der Waals surface area contributed by atoms with Crippen LogP contribution in [0.5, 0.6) is 5.75 Å². The predicted octanol–water partition coefficient (Wildman–Crippen LogP) is 6.22. The summed E-state index contributed by atoms with van der Waals surface area (Å²) < 4.78 is 46.3. The number of carboxylic acid groups (broad SMARTS) is 1. The minimum Gasteiger partial charge on any atom is -0.493 e. The zero-order chi connectivity index (χ0) is 23.1. The van der Waals surface area contributed by atoms with Crippen LogP contribution in [-0.4, -0.2) is 22.7 Å². The third-order valence-electron chi connectivity index (χ3n) is 4.84. The maximum Gasteiger partial charge on any atom is 0.419 e. The molecule has 0 aliphatic rings. The van der Waals surface area contributed by atoms with Gasteiger partial charge in [0.25, 0.3) is 0 Å². The first-order valence-corrected chi connectivity index (χ1v) is 11.2. The van der Waals surface area contributed by atoms with Crippen molar-refractivity contribution in [2.75, 3.05) is 6.61 Å². The number of unbranched alkanes of at least 4 members (excludes halogenated alkanes) is 5. The molecule has 2 rings (SSSR count). The van der Waals surface area contributed by atoms with E-state index in [1.807, 2.05) is 0 Å². The Hall–Kier alpha value is -2.13. The summed E-state index contributed by atoms with van der Waals surface area (Å²) in [6.07, 6.45) is 2.64. The van der Waals surface area contributed by atoms with Gasteiger partial charge in [0.2, 0.25) is 0 Å². The Labute approximate surface area is 184 Å². The average molecular weight is 459 g/mol. The maximum absolute atomic E-state index is 13.6. The summed E-state index contributed by atoms with van der Waals surface area (Å²) in [6.45, 7) is 3.90. The smallest absolute Gasteiger partial charge is 0.419 e. The second-order valence-electron chi connectivity index (χ2n) is 7.84. The normalized spacial score (nSPS) is 13.7. The Morgan fingerprint density at radius 1 is 1.19 bits per heavy atom. The van der Waals surface area contributed by atoms with Gasteiger partial charge in [-0.15, -0.1) is 11.3 Å². The number of hydrogen-bond acceptors (Lipinski definition) is 5. The molecule has 0 aliphatic heterocycles. The predicted molar refractivity (Wildman–Crippen MR) is 115 cm³/mol. The first kappa shape index (κ1) is 25.1. The number of halogens is 3. The fourth-order valence-electron chi connectivity index (χ4n) is 3.16. The quantitative estimate of drug-likeness (QED) is 0.369. The number of carbonyl (C=O) groups is 1. The molecule has 1 aromatic carbocycles. The van der Waals surface area contributed by atoms with Crippen LogP contribution in [0.25, 0.3) is 10.4 Å². The van der Waals surface area contributed by atoms with Gasteiger partial charge in [0.1, 0.15) is 10.8 Å². The number of nitrogens with two attached hydrogens (primary N) is 1. The van der Waals surface area contributed by atoms with Gasteiger partial charge < -0.3 is 15.6 Å². The molecule has 0 radical (unpaired) electrons. The van der Waals surface area contributed by atoms with E-state index >= 15 is 0 Å². The van der Waals surface area contributed by atoms with Gasteiger partial charge in [-0.2, -0.15) is 13.2 Å². The van der Waals surface area contributed by atoms with Gasteiger partial charge in [0, 0.05) is 6.20 Å². The van der Waals surface area contributed by atoms with Gasteiger partial charge in [0.15, 0.2) is 0 Å². The van der Waals surface area contributed by atoms with Crippen LogP contribution in [0.1, 0.15) is 69.4 Å². The van der Waals surface area contributed by atoms with Crippen LogP contribution < -0.4 is 10.5 Å². The number of rotatable bonds is 12. The molecule has 0 spiro atoms. The highest BCUT2D eigenvalue weighted by Crippen LogP contribution is 2.40. The molecule has 5 nitrogen and oxygen atoms in total. The molecule has 1 aromatic heterocycles.